The molecular weight excluding hydrogens is 248 g/mol. The molecule has 0 heterocycles. The zero-order valence-corrected chi connectivity index (χ0v) is 14.2. The molecule has 0 N–H and O–H groups in total. The maximum Gasteiger partial charge on any atom is 0.312 e. The molecule has 5 unspecified atom stereocenters. The van der Waals surface area contributed by atoms with Crippen molar-refractivity contribution in [3.63, 3.8) is 0 Å². The van der Waals surface area contributed by atoms with Crippen molar-refractivity contribution < 1.29 is 9.53 Å². The molecule has 5 atom stereocenters. The molecular formula is C18H32O2. The lowest BCUT2D eigenvalue weighted by molar-refractivity contribution is -0.194. The number of carbonyl (C=O) groups excluding carboxylic acids is 1. The van der Waals surface area contributed by atoms with E-state index in [0.29, 0.717) is 11.8 Å². The van der Waals surface area contributed by atoms with E-state index < -0.39 is 0 Å². The van der Waals surface area contributed by atoms with E-state index in [-0.39, 0.29) is 17.0 Å². The van der Waals surface area contributed by atoms with Crippen molar-refractivity contribution in [3.8, 4) is 0 Å². The van der Waals surface area contributed by atoms with Gasteiger partial charge in [-0.1, -0.05) is 20.8 Å². The molecule has 2 aliphatic carbocycles. The predicted molar refractivity (Wildman–Crippen MR) is 82.3 cm³/mol. The summed E-state index contributed by atoms with van der Waals surface area (Å²) in [5.41, 5.74) is -0.617. The highest BCUT2D eigenvalue weighted by atomic mass is 16.6. The van der Waals surface area contributed by atoms with Gasteiger partial charge >= 0.3 is 5.97 Å². The number of ether oxygens (including phenoxy) is 1. The molecule has 0 aromatic rings. The van der Waals surface area contributed by atoms with Gasteiger partial charge in [0.1, 0.15) is 5.60 Å². The second-order valence-corrected chi connectivity index (χ2v) is 8.32. The van der Waals surface area contributed by atoms with Crippen molar-refractivity contribution in [2.45, 2.75) is 79.2 Å². The summed E-state index contributed by atoms with van der Waals surface area (Å²) in [6.45, 7) is 12.9. The Morgan fingerprint density at radius 3 is 2.45 bits per heavy atom. The number of esters is 1. The van der Waals surface area contributed by atoms with Gasteiger partial charge in [0.25, 0.3) is 0 Å². The maximum absolute atomic E-state index is 12.5. The summed E-state index contributed by atoms with van der Waals surface area (Å²) in [6, 6.07) is 0. The number of hydrogen-bond donors (Lipinski definition) is 0. The van der Waals surface area contributed by atoms with Crippen LogP contribution in [-0.2, 0) is 9.53 Å². The average molecular weight is 280 g/mol. The first-order valence-corrected chi connectivity index (χ1v) is 8.42. The quantitative estimate of drug-likeness (QED) is 0.693. The van der Waals surface area contributed by atoms with E-state index in [2.05, 4.69) is 27.7 Å². The highest BCUT2D eigenvalue weighted by molar-refractivity contribution is 5.76. The minimum absolute atomic E-state index is 0.00831. The maximum atomic E-state index is 12.5. The van der Waals surface area contributed by atoms with Crippen LogP contribution in [0.3, 0.4) is 0 Å². The van der Waals surface area contributed by atoms with Crippen molar-refractivity contribution in [3.05, 3.63) is 0 Å². The molecule has 2 saturated carbocycles. The third kappa shape index (κ3) is 2.76. The second-order valence-electron chi connectivity index (χ2n) is 8.32. The molecule has 0 aromatic carbocycles. The molecule has 0 amide bonds. The zero-order valence-electron chi connectivity index (χ0n) is 14.2. The fourth-order valence-electron chi connectivity index (χ4n) is 4.21. The van der Waals surface area contributed by atoms with Crippen molar-refractivity contribution in [2.75, 3.05) is 0 Å². The van der Waals surface area contributed by atoms with Crippen LogP contribution in [0, 0.1) is 29.1 Å². The molecule has 2 rings (SSSR count). The lowest BCUT2D eigenvalue weighted by atomic mass is 9.58. The normalized spacial score (nSPS) is 41.3. The number of hydrogen-bond acceptors (Lipinski definition) is 2. The van der Waals surface area contributed by atoms with Crippen molar-refractivity contribution in [1.82, 2.24) is 0 Å². The van der Waals surface area contributed by atoms with Gasteiger partial charge in [-0.25, -0.2) is 0 Å². The fourth-order valence-corrected chi connectivity index (χ4v) is 4.21. The molecule has 0 aromatic heterocycles. The van der Waals surface area contributed by atoms with Gasteiger partial charge in [0.05, 0.1) is 5.41 Å². The highest BCUT2D eigenvalue weighted by Gasteiger charge is 2.51. The van der Waals surface area contributed by atoms with E-state index >= 15 is 0 Å². The summed E-state index contributed by atoms with van der Waals surface area (Å²) in [4.78, 5) is 12.5. The van der Waals surface area contributed by atoms with Crippen molar-refractivity contribution >= 4 is 5.97 Å². The topological polar surface area (TPSA) is 26.3 Å². The van der Waals surface area contributed by atoms with Gasteiger partial charge in [-0.15, -0.1) is 0 Å². The van der Waals surface area contributed by atoms with E-state index in [1.165, 1.54) is 25.7 Å². The minimum atomic E-state index is -0.361. The van der Waals surface area contributed by atoms with E-state index in [1.807, 2.05) is 13.8 Å². The monoisotopic (exact) mass is 280 g/mol. The standard InChI is InChI=1S/C18H32O2/c1-7-17(4,5)16(19)20-18(6)13(3)10-14-8-12(2)9-15(18)11-14/h12-15H,7-11H2,1-6H3. The first kappa shape index (κ1) is 15.9. The molecule has 2 bridgehead atoms. The molecule has 0 aliphatic heterocycles. The van der Waals surface area contributed by atoms with Crippen LogP contribution in [0.4, 0.5) is 0 Å². The third-order valence-electron chi connectivity index (χ3n) is 6.27. The van der Waals surface area contributed by atoms with Gasteiger partial charge in [0.2, 0.25) is 0 Å². The summed E-state index contributed by atoms with van der Waals surface area (Å²) >= 11 is 0. The molecule has 116 valence electrons. The van der Waals surface area contributed by atoms with Gasteiger partial charge in [0.15, 0.2) is 0 Å². The van der Waals surface area contributed by atoms with Gasteiger partial charge in [0, 0.05) is 0 Å². The zero-order chi connectivity index (χ0) is 15.1. The summed E-state index contributed by atoms with van der Waals surface area (Å²) < 4.78 is 6.14. The summed E-state index contributed by atoms with van der Waals surface area (Å²) in [7, 11) is 0. The van der Waals surface area contributed by atoms with Crippen LogP contribution in [0.1, 0.15) is 73.6 Å². The Morgan fingerprint density at radius 1 is 1.20 bits per heavy atom. The Balaban J connectivity index is 2.17. The Hall–Kier alpha value is -0.530. The molecule has 20 heavy (non-hydrogen) atoms. The van der Waals surface area contributed by atoms with Gasteiger partial charge in [-0.05, 0) is 76.5 Å². The van der Waals surface area contributed by atoms with E-state index in [4.69, 9.17) is 4.74 Å². The molecule has 0 saturated heterocycles. The Morgan fingerprint density at radius 2 is 1.85 bits per heavy atom. The first-order valence-electron chi connectivity index (χ1n) is 8.42. The van der Waals surface area contributed by atoms with E-state index in [9.17, 15) is 4.79 Å². The molecule has 2 aliphatic rings. The Labute approximate surface area is 124 Å². The molecule has 2 fully saturated rings. The van der Waals surface area contributed by atoms with Crippen LogP contribution in [0.2, 0.25) is 0 Å². The summed E-state index contributed by atoms with van der Waals surface area (Å²) in [5.74, 6) is 2.66. The first-order chi connectivity index (χ1) is 9.19. The molecule has 0 spiro atoms. The Kier molecular flexibility index (Phi) is 4.24. The van der Waals surface area contributed by atoms with E-state index in [1.54, 1.807) is 0 Å². The molecule has 0 radical (unpaired) electrons. The number of fused-ring (bicyclic) bond motifs is 2. The summed E-state index contributed by atoms with van der Waals surface area (Å²) in [6.07, 6.45) is 5.89. The van der Waals surface area contributed by atoms with Gasteiger partial charge < -0.3 is 4.74 Å². The van der Waals surface area contributed by atoms with Crippen LogP contribution in [-0.4, -0.2) is 11.6 Å². The van der Waals surface area contributed by atoms with Gasteiger partial charge in [-0.2, -0.15) is 0 Å². The number of carbonyl (C=O) groups is 1. The Bertz CT molecular complexity index is 370. The SMILES string of the molecule is CCC(C)(C)C(=O)OC1(C)C(C)CC2CC(C)CC1C2. The molecule has 2 nitrogen and oxygen atoms in total. The van der Waals surface area contributed by atoms with Crippen LogP contribution in [0.15, 0.2) is 0 Å². The fraction of sp³-hybridized carbons (Fsp3) is 0.944. The van der Waals surface area contributed by atoms with E-state index in [0.717, 1.165) is 18.3 Å². The number of rotatable bonds is 3. The lowest BCUT2D eigenvalue weighted by Crippen LogP contribution is -2.53. The molecule has 2 heteroatoms. The predicted octanol–water partition coefficient (Wildman–Crippen LogP) is 4.82. The smallest absolute Gasteiger partial charge is 0.312 e. The van der Waals surface area contributed by atoms with Crippen LogP contribution in [0.5, 0.6) is 0 Å². The van der Waals surface area contributed by atoms with Gasteiger partial charge in [-0.3, -0.25) is 4.79 Å². The second kappa shape index (κ2) is 5.35. The minimum Gasteiger partial charge on any atom is -0.458 e. The largest absolute Gasteiger partial charge is 0.458 e. The van der Waals surface area contributed by atoms with Crippen LogP contribution < -0.4 is 0 Å². The highest BCUT2D eigenvalue weighted by Crippen LogP contribution is 2.52. The average Bonchev–Trinajstić information content (AvgIpc) is 2.36. The van der Waals surface area contributed by atoms with Crippen LogP contribution in [0.25, 0.3) is 0 Å². The van der Waals surface area contributed by atoms with Crippen molar-refractivity contribution in [1.29, 1.82) is 0 Å². The third-order valence-corrected chi connectivity index (χ3v) is 6.27. The van der Waals surface area contributed by atoms with Crippen molar-refractivity contribution in [2.24, 2.45) is 29.1 Å². The lowest BCUT2D eigenvalue weighted by Gasteiger charge is -2.52. The summed E-state index contributed by atoms with van der Waals surface area (Å²) in [5, 5.41) is 0. The van der Waals surface area contributed by atoms with Crippen LogP contribution >= 0.6 is 0 Å².